The summed E-state index contributed by atoms with van der Waals surface area (Å²) in [7, 11) is 2.15. The topological polar surface area (TPSA) is 15.3 Å². The van der Waals surface area contributed by atoms with Crippen molar-refractivity contribution in [3.63, 3.8) is 0 Å². The van der Waals surface area contributed by atoms with Crippen molar-refractivity contribution >= 4 is 21.6 Å². The van der Waals surface area contributed by atoms with Crippen LogP contribution in [0.2, 0.25) is 0 Å². The third-order valence-corrected chi connectivity index (χ3v) is 3.05. The Morgan fingerprint density at radius 1 is 1.27 bits per heavy atom. The molecule has 0 aliphatic carbocycles. The zero-order chi connectivity index (χ0) is 11.3. The van der Waals surface area contributed by atoms with Gasteiger partial charge in [-0.05, 0) is 45.2 Å². The van der Waals surface area contributed by atoms with Crippen molar-refractivity contribution in [1.29, 1.82) is 0 Å². The van der Waals surface area contributed by atoms with Crippen LogP contribution in [0.15, 0.2) is 28.7 Å². The molecule has 15 heavy (non-hydrogen) atoms. The third-order valence-electron chi connectivity index (χ3n) is 2.52. The number of nitrogens with zero attached hydrogens (tertiary/aromatic N) is 1. The van der Waals surface area contributed by atoms with E-state index in [0.29, 0.717) is 6.04 Å². The summed E-state index contributed by atoms with van der Waals surface area (Å²) >= 11 is 3.42. The molecule has 0 heterocycles. The second-order valence-electron chi connectivity index (χ2n) is 4.01. The number of hydrogen-bond acceptors (Lipinski definition) is 2. The molecule has 84 valence electrons. The van der Waals surface area contributed by atoms with E-state index in [1.165, 1.54) is 5.69 Å². The molecule has 0 aliphatic rings. The van der Waals surface area contributed by atoms with Crippen LogP contribution in [0.4, 0.5) is 5.69 Å². The molecule has 3 heteroatoms. The molecule has 0 amide bonds. The maximum atomic E-state index is 3.42. The molecule has 0 radical (unpaired) electrons. The van der Waals surface area contributed by atoms with Crippen molar-refractivity contribution < 1.29 is 0 Å². The quantitative estimate of drug-likeness (QED) is 0.884. The van der Waals surface area contributed by atoms with Crippen molar-refractivity contribution in [2.24, 2.45) is 0 Å². The van der Waals surface area contributed by atoms with Gasteiger partial charge < -0.3 is 10.2 Å². The molecule has 0 atom stereocenters. The summed E-state index contributed by atoms with van der Waals surface area (Å²) < 4.78 is 1.12. The van der Waals surface area contributed by atoms with Gasteiger partial charge in [0.25, 0.3) is 0 Å². The van der Waals surface area contributed by atoms with Gasteiger partial charge in [-0.15, -0.1) is 0 Å². The Balaban J connectivity index is 2.29. The van der Waals surface area contributed by atoms with Crippen LogP contribution in [0.1, 0.15) is 13.8 Å². The highest BCUT2D eigenvalue weighted by atomic mass is 79.9. The lowest BCUT2D eigenvalue weighted by Gasteiger charge is -2.21. The second-order valence-corrected chi connectivity index (χ2v) is 4.92. The van der Waals surface area contributed by atoms with Gasteiger partial charge in [-0.2, -0.15) is 0 Å². The van der Waals surface area contributed by atoms with Crippen LogP contribution in [0.25, 0.3) is 0 Å². The summed E-state index contributed by atoms with van der Waals surface area (Å²) in [6.07, 6.45) is 0. The van der Waals surface area contributed by atoms with Crippen LogP contribution in [0.3, 0.4) is 0 Å². The summed E-state index contributed by atoms with van der Waals surface area (Å²) in [6, 6.07) is 8.87. The number of anilines is 1. The van der Waals surface area contributed by atoms with Gasteiger partial charge in [-0.3, -0.25) is 0 Å². The zero-order valence-electron chi connectivity index (χ0n) is 9.63. The minimum absolute atomic E-state index is 0.608. The molecular weight excluding hydrogens is 252 g/mol. The Kier molecular flexibility index (Phi) is 5.12. The molecule has 0 unspecified atom stereocenters. The molecule has 0 saturated heterocycles. The average molecular weight is 271 g/mol. The van der Waals surface area contributed by atoms with E-state index in [1.54, 1.807) is 0 Å². The molecule has 1 N–H and O–H groups in total. The number of benzene rings is 1. The SMILES string of the molecule is CC(C)N(C)CCNc1ccc(Br)cc1. The molecule has 0 aliphatic heterocycles. The fourth-order valence-electron chi connectivity index (χ4n) is 1.20. The highest BCUT2D eigenvalue weighted by molar-refractivity contribution is 9.10. The van der Waals surface area contributed by atoms with Gasteiger partial charge in [-0.1, -0.05) is 15.9 Å². The zero-order valence-corrected chi connectivity index (χ0v) is 11.2. The van der Waals surface area contributed by atoms with Gasteiger partial charge >= 0.3 is 0 Å². The molecule has 0 bridgehead atoms. The number of nitrogens with one attached hydrogen (secondary N) is 1. The molecule has 1 aromatic rings. The van der Waals surface area contributed by atoms with Crippen molar-refractivity contribution in [3.8, 4) is 0 Å². The Hall–Kier alpha value is -0.540. The second kappa shape index (κ2) is 6.13. The van der Waals surface area contributed by atoms with Crippen LogP contribution in [0, 0.1) is 0 Å². The predicted molar refractivity (Wildman–Crippen MR) is 70.4 cm³/mol. The Morgan fingerprint density at radius 2 is 1.87 bits per heavy atom. The normalized spacial score (nSPS) is 11.1. The molecular formula is C12H19BrN2. The van der Waals surface area contributed by atoms with Crippen LogP contribution in [-0.2, 0) is 0 Å². The molecule has 0 aromatic heterocycles. The fourth-order valence-corrected chi connectivity index (χ4v) is 1.47. The van der Waals surface area contributed by atoms with Crippen LogP contribution in [0.5, 0.6) is 0 Å². The maximum absolute atomic E-state index is 3.42. The summed E-state index contributed by atoms with van der Waals surface area (Å²) in [5.41, 5.74) is 1.18. The first-order valence-corrected chi connectivity index (χ1v) is 6.08. The lowest BCUT2D eigenvalue weighted by atomic mass is 10.3. The fraction of sp³-hybridized carbons (Fsp3) is 0.500. The van der Waals surface area contributed by atoms with Gasteiger partial charge in [0.05, 0.1) is 0 Å². The molecule has 0 saturated carbocycles. The van der Waals surface area contributed by atoms with Crippen molar-refractivity contribution in [3.05, 3.63) is 28.7 Å². The first-order chi connectivity index (χ1) is 7.09. The molecule has 2 nitrogen and oxygen atoms in total. The smallest absolute Gasteiger partial charge is 0.0341 e. The lowest BCUT2D eigenvalue weighted by molar-refractivity contribution is 0.284. The number of likely N-dealkylation sites (N-methyl/N-ethyl adjacent to an activating group) is 1. The van der Waals surface area contributed by atoms with Crippen LogP contribution in [-0.4, -0.2) is 31.1 Å². The maximum Gasteiger partial charge on any atom is 0.0341 e. The number of halogens is 1. The standard InChI is InChI=1S/C12H19BrN2/c1-10(2)15(3)9-8-14-12-6-4-11(13)5-7-12/h4-7,10,14H,8-9H2,1-3H3. The lowest BCUT2D eigenvalue weighted by Crippen LogP contribution is -2.31. The van der Waals surface area contributed by atoms with Crippen molar-refractivity contribution in [2.75, 3.05) is 25.5 Å². The van der Waals surface area contributed by atoms with Gasteiger partial charge in [-0.25, -0.2) is 0 Å². The largest absolute Gasteiger partial charge is 0.384 e. The Labute approximate surface area is 101 Å². The van der Waals surface area contributed by atoms with Crippen LogP contribution >= 0.6 is 15.9 Å². The third kappa shape index (κ3) is 4.67. The van der Waals surface area contributed by atoms with Gasteiger partial charge in [0.15, 0.2) is 0 Å². The predicted octanol–water partition coefficient (Wildman–Crippen LogP) is 3.20. The average Bonchev–Trinajstić information content (AvgIpc) is 2.20. The van der Waals surface area contributed by atoms with Crippen LogP contribution < -0.4 is 5.32 Å². The minimum atomic E-state index is 0.608. The van der Waals surface area contributed by atoms with Gasteiger partial charge in [0.2, 0.25) is 0 Å². The first kappa shape index (κ1) is 12.5. The molecule has 1 rings (SSSR count). The summed E-state index contributed by atoms with van der Waals surface area (Å²) in [5.74, 6) is 0. The van der Waals surface area contributed by atoms with Gasteiger partial charge in [0, 0.05) is 29.3 Å². The van der Waals surface area contributed by atoms with E-state index in [4.69, 9.17) is 0 Å². The van der Waals surface area contributed by atoms with E-state index in [9.17, 15) is 0 Å². The Bertz CT molecular complexity index is 282. The van der Waals surface area contributed by atoms with Gasteiger partial charge in [0.1, 0.15) is 0 Å². The molecule has 0 fully saturated rings. The summed E-state index contributed by atoms with van der Waals surface area (Å²) in [6.45, 7) is 6.46. The minimum Gasteiger partial charge on any atom is -0.384 e. The van der Waals surface area contributed by atoms with E-state index in [2.05, 4.69) is 71.3 Å². The summed E-state index contributed by atoms with van der Waals surface area (Å²) in [5, 5.41) is 3.40. The summed E-state index contributed by atoms with van der Waals surface area (Å²) in [4.78, 5) is 2.33. The monoisotopic (exact) mass is 270 g/mol. The molecule has 1 aromatic carbocycles. The first-order valence-electron chi connectivity index (χ1n) is 5.29. The van der Waals surface area contributed by atoms with E-state index in [1.807, 2.05) is 0 Å². The van der Waals surface area contributed by atoms with Crippen molar-refractivity contribution in [2.45, 2.75) is 19.9 Å². The molecule has 0 spiro atoms. The highest BCUT2D eigenvalue weighted by Gasteiger charge is 2.01. The van der Waals surface area contributed by atoms with E-state index >= 15 is 0 Å². The van der Waals surface area contributed by atoms with E-state index < -0.39 is 0 Å². The highest BCUT2D eigenvalue weighted by Crippen LogP contribution is 2.13. The van der Waals surface area contributed by atoms with E-state index in [0.717, 1.165) is 17.6 Å². The number of hydrogen-bond donors (Lipinski definition) is 1. The van der Waals surface area contributed by atoms with E-state index in [-0.39, 0.29) is 0 Å². The van der Waals surface area contributed by atoms with Crippen molar-refractivity contribution in [1.82, 2.24) is 4.90 Å². The Morgan fingerprint density at radius 3 is 2.40 bits per heavy atom. The number of rotatable bonds is 5.